The van der Waals surface area contributed by atoms with Gasteiger partial charge in [0.1, 0.15) is 0 Å². The zero-order valence-corrected chi connectivity index (χ0v) is 11.3. The van der Waals surface area contributed by atoms with Gasteiger partial charge in [-0.3, -0.25) is 4.79 Å². The van der Waals surface area contributed by atoms with Crippen LogP contribution in [-0.4, -0.2) is 62.0 Å². The van der Waals surface area contributed by atoms with E-state index >= 15 is 0 Å². The van der Waals surface area contributed by atoms with Crippen LogP contribution in [0.5, 0.6) is 0 Å². The number of furan rings is 1. The molecule has 2 heterocycles. The summed E-state index contributed by atoms with van der Waals surface area (Å²) in [6.45, 7) is 1.43. The van der Waals surface area contributed by atoms with E-state index in [0.29, 0.717) is 26.2 Å². The number of carbonyl (C=O) groups is 1. The highest BCUT2D eigenvalue weighted by molar-refractivity contribution is 7.89. The summed E-state index contributed by atoms with van der Waals surface area (Å²) in [5.74, 6) is 0.0122. The Kier molecular flexibility index (Phi) is 4.23. The molecule has 1 fully saturated rings. The normalized spacial score (nSPS) is 17.6. The zero-order chi connectivity index (χ0) is 13.9. The van der Waals surface area contributed by atoms with Crippen molar-refractivity contribution in [3.63, 3.8) is 0 Å². The van der Waals surface area contributed by atoms with E-state index in [0.717, 1.165) is 0 Å². The van der Waals surface area contributed by atoms with Crippen molar-refractivity contribution in [3.8, 4) is 0 Å². The molecule has 1 aromatic rings. The molecular weight excluding hydrogens is 270 g/mol. The first-order chi connectivity index (χ1) is 9.04. The Morgan fingerprint density at radius 3 is 2.53 bits per heavy atom. The molecular formula is C11H17N3O4S. The Morgan fingerprint density at radius 1 is 1.32 bits per heavy atom. The van der Waals surface area contributed by atoms with Crippen LogP contribution >= 0.6 is 0 Å². The molecule has 8 heteroatoms. The van der Waals surface area contributed by atoms with Crippen molar-refractivity contribution in [2.75, 3.05) is 38.5 Å². The molecule has 1 aliphatic heterocycles. The molecule has 19 heavy (non-hydrogen) atoms. The van der Waals surface area contributed by atoms with Crippen LogP contribution in [0.1, 0.15) is 10.6 Å². The van der Waals surface area contributed by atoms with Crippen LogP contribution in [0.25, 0.3) is 0 Å². The van der Waals surface area contributed by atoms with E-state index in [1.54, 1.807) is 17.0 Å². The maximum atomic E-state index is 12.0. The van der Waals surface area contributed by atoms with Crippen LogP contribution in [0.15, 0.2) is 22.8 Å². The molecule has 0 bridgehead atoms. The fraction of sp³-hybridized carbons (Fsp3) is 0.545. The predicted octanol–water partition coefficient (Wildman–Crippen LogP) is -0.674. The molecule has 1 amide bonds. The smallest absolute Gasteiger partial charge is 0.289 e. The summed E-state index contributed by atoms with van der Waals surface area (Å²) in [5, 5.41) is 0. The number of nitrogens with two attached hydrogens (primary N) is 1. The molecule has 2 rings (SSSR count). The maximum Gasteiger partial charge on any atom is 0.289 e. The lowest BCUT2D eigenvalue weighted by Crippen LogP contribution is -2.51. The van der Waals surface area contributed by atoms with Gasteiger partial charge in [0.2, 0.25) is 10.0 Å². The highest BCUT2D eigenvalue weighted by Crippen LogP contribution is 2.11. The number of piperazine rings is 1. The summed E-state index contributed by atoms with van der Waals surface area (Å²) in [4.78, 5) is 13.6. The van der Waals surface area contributed by atoms with Crippen LogP contribution in [0.4, 0.5) is 0 Å². The lowest BCUT2D eigenvalue weighted by molar-refractivity contribution is 0.0666. The molecule has 0 saturated carbocycles. The van der Waals surface area contributed by atoms with Crippen molar-refractivity contribution >= 4 is 15.9 Å². The van der Waals surface area contributed by atoms with Gasteiger partial charge >= 0.3 is 0 Å². The van der Waals surface area contributed by atoms with E-state index in [1.165, 1.54) is 10.6 Å². The second kappa shape index (κ2) is 5.72. The monoisotopic (exact) mass is 287 g/mol. The largest absolute Gasteiger partial charge is 0.459 e. The van der Waals surface area contributed by atoms with Crippen molar-refractivity contribution in [1.29, 1.82) is 0 Å². The third kappa shape index (κ3) is 3.14. The van der Waals surface area contributed by atoms with Gasteiger partial charge < -0.3 is 15.1 Å². The molecule has 0 atom stereocenters. The lowest BCUT2D eigenvalue weighted by Gasteiger charge is -2.33. The number of carbonyl (C=O) groups excluding carboxylic acids is 1. The van der Waals surface area contributed by atoms with E-state index in [-0.39, 0.29) is 24.0 Å². The molecule has 106 valence electrons. The average molecular weight is 287 g/mol. The SMILES string of the molecule is NCCS(=O)(=O)N1CCN(C(=O)c2ccco2)CC1. The minimum absolute atomic E-state index is 0.0564. The molecule has 0 radical (unpaired) electrons. The van der Waals surface area contributed by atoms with Gasteiger partial charge in [-0.05, 0) is 12.1 Å². The molecule has 0 aromatic carbocycles. The average Bonchev–Trinajstić information content (AvgIpc) is 2.92. The Hall–Kier alpha value is -1.38. The molecule has 0 aliphatic carbocycles. The fourth-order valence-corrected chi connectivity index (χ4v) is 3.28. The number of sulfonamides is 1. The van der Waals surface area contributed by atoms with Crippen LogP contribution in [0.2, 0.25) is 0 Å². The first-order valence-corrected chi connectivity index (χ1v) is 7.66. The van der Waals surface area contributed by atoms with E-state index in [1.807, 2.05) is 0 Å². The van der Waals surface area contributed by atoms with Gasteiger partial charge in [-0.15, -0.1) is 0 Å². The van der Waals surface area contributed by atoms with E-state index < -0.39 is 10.0 Å². The van der Waals surface area contributed by atoms with E-state index in [4.69, 9.17) is 10.2 Å². The molecule has 7 nitrogen and oxygen atoms in total. The predicted molar refractivity (Wildman–Crippen MR) is 69.0 cm³/mol. The summed E-state index contributed by atoms with van der Waals surface area (Å²) in [5.41, 5.74) is 5.28. The molecule has 1 aliphatic rings. The van der Waals surface area contributed by atoms with E-state index in [2.05, 4.69) is 0 Å². The minimum Gasteiger partial charge on any atom is -0.459 e. The molecule has 2 N–H and O–H groups in total. The lowest BCUT2D eigenvalue weighted by atomic mass is 10.3. The number of nitrogens with zero attached hydrogens (tertiary/aromatic N) is 2. The Bertz CT molecular complexity index is 518. The van der Waals surface area contributed by atoms with Crippen molar-refractivity contribution in [2.24, 2.45) is 5.73 Å². The first-order valence-electron chi connectivity index (χ1n) is 6.05. The van der Waals surface area contributed by atoms with Crippen LogP contribution < -0.4 is 5.73 Å². The van der Waals surface area contributed by atoms with Crippen molar-refractivity contribution < 1.29 is 17.6 Å². The van der Waals surface area contributed by atoms with Gasteiger partial charge in [-0.2, -0.15) is 4.31 Å². The number of rotatable bonds is 4. The molecule has 1 aromatic heterocycles. The van der Waals surface area contributed by atoms with E-state index in [9.17, 15) is 13.2 Å². The third-order valence-electron chi connectivity index (χ3n) is 3.03. The highest BCUT2D eigenvalue weighted by Gasteiger charge is 2.29. The summed E-state index contributed by atoms with van der Waals surface area (Å²) in [6, 6.07) is 3.25. The van der Waals surface area contributed by atoms with Gasteiger partial charge in [-0.25, -0.2) is 8.42 Å². The number of hydrogen-bond donors (Lipinski definition) is 1. The Balaban J connectivity index is 1.94. The molecule has 1 saturated heterocycles. The third-order valence-corrected chi connectivity index (χ3v) is 4.93. The Labute approximate surface area is 112 Å². The van der Waals surface area contributed by atoms with Gasteiger partial charge in [0.05, 0.1) is 12.0 Å². The number of amides is 1. The minimum atomic E-state index is -3.29. The van der Waals surface area contributed by atoms with Gasteiger partial charge in [0.25, 0.3) is 5.91 Å². The quantitative estimate of drug-likeness (QED) is 0.792. The fourth-order valence-electron chi connectivity index (χ4n) is 2.00. The standard InChI is InChI=1S/C11H17N3O4S/c12-3-9-19(16,17)14-6-4-13(5-7-14)11(15)10-2-1-8-18-10/h1-2,8H,3-7,9,12H2. The topological polar surface area (TPSA) is 96.9 Å². The summed E-state index contributed by atoms with van der Waals surface area (Å²) >= 11 is 0. The van der Waals surface area contributed by atoms with Crippen molar-refractivity contribution in [2.45, 2.75) is 0 Å². The van der Waals surface area contributed by atoms with Crippen molar-refractivity contribution in [1.82, 2.24) is 9.21 Å². The van der Waals surface area contributed by atoms with Gasteiger partial charge in [0.15, 0.2) is 5.76 Å². The summed E-state index contributed by atoms with van der Waals surface area (Å²) in [7, 11) is -3.29. The van der Waals surface area contributed by atoms with Gasteiger partial charge in [0, 0.05) is 32.7 Å². The van der Waals surface area contributed by atoms with Crippen LogP contribution in [0, 0.1) is 0 Å². The highest BCUT2D eigenvalue weighted by atomic mass is 32.2. The van der Waals surface area contributed by atoms with Gasteiger partial charge in [-0.1, -0.05) is 0 Å². The molecule has 0 spiro atoms. The van der Waals surface area contributed by atoms with Crippen LogP contribution in [-0.2, 0) is 10.0 Å². The maximum absolute atomic E-state index is 12.0. The zero-order valence-electron chi connectivity index (χ0n) is 10.5. The molecule has 0 unspecified atom stereocenters. The van der Waals surface area contributed by atoms with Crippen LogP contribution in [0.3, 0.4) is 0 Å². The second-order valence-corrected chi connectivity index (χ2v) is 6.36. The Morgan fingerprint density at radius 2 is 2.00 bits per heavy atom. The second-order valence-electron chi connectivity index (χ2n) is 4.27. The first kappa shape index (κ1) is 14.0. The number of hydrogen-bond acceptors (Lipinski definition) is 5. The summed E-state index contributed by atoms with van der Waals surface area (Å²) < 4.78 is 30.1. The summed E-state index contributed by atoms with van der Waals surface area (Å²) in [6.07, 6.45) is 1.44. The van der Waals surface area contributed by atoms with Crippen molar-refractivity contribution in [3.05, 3.63) is 24.2 Å².